The van der Waals surface area contributed by atoms with Crippen LogP contribution in [0.3, 0.4) is 0 Å². The highest BCUT2D eigenvalue weighted by Crippen LogP contribution is 2.11. The van der Waals surface area contributed by atoms with Gasteiger partial charge in [0, 0.05) is 19.5 Å². The maximum Gasteiger partial charge on any atom is 0.242 e. The van der Waals surface area contributed by atoms with Crippen molar-refractivity contribution in [2.24, 2.45) is 5.92 Å². The van der Waals surface area contributed by atoms with E-state index in [1.165, 1.54) is 0 Å². The SMILES string of the molecule is CN(Cc1ccccc1)C(=O)CNC(=O)C1CCNCC1.Cl. The van der Waals surface area contributed by atoms with Crippen molar-refractivity contribution < 1.29 is 9.59 Å². The summed E-state index contributed by atoms with van der Waals surface area (Å²) in [4.78, 5) is 25.6. The van der Waals surface area contributed by atoms with Gasteiger partial charge in [-0.1, -0.05) is 30.3 Å². The third kappa shape index (κ3) is 5.66. The minimum absolute atomic E-state index is 0. The van der Waals surface area contributed by atoms with Gasteiger partial charge in [0.15, 0.2) is 0 Å². The van der Waals surface area contributed by atoms with Crippen LogP contribution in [0.4, 0.5) is 0 Å². The van der Waals surface area contributed by atoms with E-state index in [1.807, 2.05) is 30.3 Å². The molecule has 122 valence electrons. The van der Waals surface area contributed by atoms with Crippen LogP contribution in [0, 0.1) is 5.92 Å². The van der Waals surface area contributed by atoms with E-state index in [1.54, 1.807) is 11.9 Å². The number of benzene rings is 1. The minimum Gasteiger partial charge on any atom is -0.347 e. The standard InChI is InChI=1S/C16H23N3O2.ClH/c1-19(12-13-5-3-2-4-6-13)15(20)11-18-16(21)14-7-9-17-10-8-14;/h2-6,14,17H,7-12H2,1H3,(H,18,21);1H. The van der Waals surface area contributed by atoms with Crippen LogP contribution < -0.4 is 10.6 Å². The Hall–Kier alpha value is -1.59. The summed E-state index contributed by atoms with van der Waals surface area (Å²) in [6.07, 6.45) is 1.69. The Balaban J connectivity index is 0.00000242. The summed E-state index contributed by atoms with van der Waals surface area (Å²) in [5.74, 6) is -0.0300. The molecule has 0 unspecified atom stereocenters. The van der Waals surface area contributed by atoms with Crippen molar-refractivity contribution in [2.75, 3.05) is 26.7 Å². The Morgan fingerprint density at radius 2 is 1.86 bits per heavy atom. The fourth-order valence-corrected chi connectivity index (χ4v) is 2.47. The smallest absolute Gasteiger partial charge is 0.242 e. The molecular formula is C16H24ClN3O2. The molecular weight excluding hydrogens is 302 g/mol. The van der Waals surface area contributed by atoms with Gasteiger partial charge in [0.05, 0.1) is 6.54 Å². The van der Waals surface area contributed by atoms with Crippen molar-refractivity contribution in [3.05, 3.63) is 35.9 Å². The van der Waals surface area contributed by atoms with Crippen LogP contribution in [0.5, 0.6) is 0 Å². The third-order valence-electron chi connectivity index (χ3n) is 3.81. The molecule has 0 aliphatic carbocycles. The molecule has 2 amide bonds. The van der Waals surface area contributed by atoms with E-state index in [0.29, 0.717) is 6.54 Å². The minimum atomic E-state index is -0.0684. The molecule has 1 aliphatic heterocycles. The average molecular weight is 326 g/mol. The third-order valence-corrected chi connectivity index (χ3v) is 3.81. The summed E-state index contributed by atoms with van der Waals surface area (Å²) in [6, 6.07) is 9.82. The van der Waals surface area contributed by atoms with E-state index in [9.17, 15) is 9.59 Å². The summed E-state index contributed by atoms with van der Waals surface area (Å²) in [5, 5.41) is 5.99. The number of nitrogens with zero attached hydrogens (tertiary/aromatic N) is 1. The number of carbonyl (C=O) groups excluding carboxylic acids is 2. The Labute approximate surface area is 137 Å². The predicted octanol–water partition coefficient (Wildman–Crippen LogP) is 1.18. The molecule has 1 heterocycles. The lowest BCUT2D eigenvalue weighted by Crippen LogP contribution is -2.42. The zero-order valence-corrected chi connectivity index (χ0v) is 13.7. The van der Waals surface area contributed by atoms with Gasteiger partial charge in [-0.25, -0.2) is 0 Å². The highest BCUT2D eigenvalue weighted by Gasteiger charge is 2.21. The average Bonchev–Trinajstić information content (AvgIpc) is 2.54. The molecule has 2 N–H and O–H groups in total. The van der Waals surface area contributed by atoms with Crippen LogP contribution in [0.15, 0.2) is 30.3 Å². The number of amides is 2. The molecule has 22 heavy (non-hydrogen) atoms. The monoisotopic (exact) mass is 325 g/mol. The van der Waals surface area contributed by atoms with Gasteiger partial charge in [-0.05, 0) is 31.5 Å². The van der Waals surface area contributed by atoms with Crippen molar-refractivity contribution in [3.63, 3.8) is 0 Å². The lowest BCUT2D eigenvalue weighted by atomic mass is 9.97. The highest BCUT2D eigenvalue weighted by molar-refractivity contribution is 5.86. The first kappa shape index (κ1) is 18.5. The molecule has 0 spiro atoms. The highest BCUT2D eigenvalue weighted by atomic mass is 35.5. The summed E-state index contributed by atoms with van der Waals surface area (Å²) in [7, 11) is 1.76. The largest absolute Gasteiger partial charge is 0.347 e. The molecule has 0 atom stereocenters. The van der Waals surface area contributed by atoms with E-state index in [0.717, 1.165) is 31.5 Å². The fourth-order valence-electron chi connectivity index (χ4n) is 2.47. The normalized spacial score (nSPS) is 14.8. The van der Waals surface area contributed by atoms with E-state index in [-0.39, 0.29) is 36.7 Å². The van der Waals surface area contributed by atoms with Gasteiger partial charge in [-0.2, -0.15) is 0 Å². The van der Waals surface area contributed by atoms with Crippen LogP contribution in [0.1, 0.15) is 18.4 Å². The lowest BCUT2D eigenvalue weighted by molar-refractivity contribution is -0.133. The Bertz CT molecular complexity index is 476. The van der Waals surface area contributed by atoms with E-state index in [2.05, 4.69) is 10.6 Å². The molecule has 0 bridgehead atoms. The van der Waals surface area contributed by atoms with E-state index in [4.69, 9.17) is 0 Å². The van der Waals surface area contributed by atoms with E-state index >= 15 is 0 Å². The molecule has 1 aromatic carbocycles. The topological polar surface area (TPSA) is 61.4 Å². The van der Waals surface area contributed by atoms with E-state index < -0.39 is 0 Å². The van der Waals surface area contributed by atoms with Crippen LogP contribution in [0.2, 0.25) is 0 Å². The molecule has 1 saturated heterocycles. The number of carbonyl (C=O) groups is 2. The van der Waals surface area contributed by atoms with Gasteiger partial charge in [0.25, 0.3) is 0 Å². The van der Waals surface area contributed by atoms with Crippen molar-refractivity contribution in [1.82, 2.24) is 15.5 Å². The van der Waals surface area contributed by atoms with Gasteiger partial charge < -0.3 is 15.5 Å². The summed E-state index contributed by atoms with van der Waals surface area (Å²) >= 11 is 0. The van der Waals surface area contributed by atoms with Gasteiger partial charge in [0.1, 0.15) is 0 Å². The fraction of sp³-hybridized carbons (Fsp3) is 0.500. The second-order valence-electron chi connectivity index (χ2n) is 5.48. The van der Waals surface area contributed by atoms with Crippen LogP contribution in [0.25, 0.3) is 0 Å². The van der Waals surface area contributed by atoms with Gasteiger partial charge in [-0.3, -0.25) is 9.59 Å². The number of nitrogens with one attached hydrogen (secondary N) is 2. The molecule has 0 aromatic heterocycles. The molecule has 5 nitrogen and oxygen atoms in total. The molecule has 1 fully saturated rings. The molecule has 1 aliphatic rings. The maximum absolute atomic E-state index is 12.0. The van der Waals surface area contributed by atoms with Crippen molar-refractivity contribution in [2.45, 2.75) is 19.4 Å². The second kappa shape index (κ2) is 9.43. The van der Waals surface area contributed by atoms with Crippen LogP contribution >= 0.6 is 12.4 Å². The number of rotatable bonds is 5. The van der Waals surface area contributed by atoms with Crippen molar-refractivity contribution in [1.29, 1.82) is 0 Å². The quantitative estimate of drug-likeness (QED) is 0.854. The van der Waals surface area contributed by atoms with Gasteiger partial charge in [-0.15, -0.1) is 12.4 Å². The first-order chi connectivity index (χ1) is 10.2. The maximum atomic E-state index is 12.0. The number of hydrogen-bond donors (Lipinski definition) is 2. The zero-order chi connectivity index (χ0) is 15.1. The first-order valence-electron chi connectivity index (χ1n) is 7.43. The number of hydrogen-bond acceptors (Lipinski definition) is 3. The van der Waals surface area contributed by atoms with Gasteiger partial charge in [0.2, 0.25) is 11.8 Å². The predicted molar refractivity (Wildman–Crippen MR) is 88.8 cm³/mol. The molecule has 1 aromatic rings. The van der Waals surface area contributed by atoms with Crippen molar-refractivity contribution in [3.8, 4) is 0 Å². The molecule has 0 saturated carbocycles. The van der Waals surface area contributed by atoms with Crippen LogP contribution in [-0.2, 0) is 16.1 Å². The summed E-state index contributed by atoms with van der Waals surface area (Å²) in [5.41, 5.74) is 1.08. The van der Waals surface area contributed by atoms with Crippen LogP contribution in [-0.4, -0.2) is 43.4 Å². The molecule has 6 heteroatoms. The Kier molecular flexibility index (Phi) is 7.91. The number of piperidine rings is 1. The first-order valence-corrected chi connectivity index (χ1v) is 7.43. The molecule has 0 radical (unpaired) electrons. The Morgan fingerprint density at radius 3 is 2.50 bits per heavy atom. The number of halogens is 1. The lowest BCUT2D eigenvalue weighted by Gasteiger charge is -2.22. The Morgan fingerprint density at radius 1 is 1.23 bits per heavy atom. The number of likely N-dealkylation sites (N-methyl/N-ethyl adjacent to an activating group) is 1. The summed E-state index contributed by atoms with van der Waals surface area (Å²) < 4.78 is 0. The molecule has 2 rings (SSSR count). The summed E-state index contributed by atoms with van der Waals surface area (Å²) in [6.45, 7) is 2.38. The second-order valence-corrected chi connectivity index (χ2v) is 5.48. The zero-order valence-electron chi connectivity index (χ0n) is 12.9. The van der Waals surface area contributed by atoms with Crippen molar-refractivity contribution >= 4 is 24.2 Å². The van der Waals surface area contributed by atoms with Gasteiger partial charge >= 0.3 is 0 Å².